The van der Waals surface area contributed by atoms with Crippen LogP contribution in [0.4, 0.5) is 0 Å². The largest absolute Gasteiger partial charge is 2.00 e. The van der Waals surface area contributed by atoms with E-state index in [0.717, 1.165) is 4.90 Å². The molecule has 0 fully saturated rings. The van der Waals surface area contributed by atoms with Crippen LogP contribution in [0.25, 0.3) is 0 Å². The predicted octanol–water partition coefficient (Wildman–Crippen LogP) is -1.26. The van der Waals surface area contributed by atoms with Gasteiger partial charge in [-0.15, -0.1) is 0 Å². The molecule has 0 aromatic heterocycles. The Morgan fingerprint density at radius 2 is 2.30 bits per heavy atom. The van der Waals surface area contributed by atoms with Crippen LogP contribution in [0, 0.1) is 5.41 Å². The molecule has 0 bridgehead atoms. The molecule has 0 spiro atoms. The molecule has 0 aromatic carbocycles. The number of aliphatic carboxylic acids is 1. The van der Waals surface area contributed by atoms with E-state index in [1.54, 1.807) is 0 Å². The fourth-order valence-corrected chi connectivity index (χ4v) is 0.288. The van der Waals surface area contributed by atoms with Crippen molar-refractivity contribution in [2.45, 2.75) is 0 Å². The number of carbonyl (C=O) groups is 1. The van der Waals surface area contributed by atoms with Gasteiger partial charge in [0.2, 0.25) is 0 Å². The van der Waals surface area contributed by atoms with Gasteiger partial charge in [-0.2, -0.15) is 0 Å². The van der Waals surface area contributed by atoms with Gasteiger partial charge in [0.1, 0.15) is 6.54 Å². The van der Waals surface area contributed by atoms with E-state index < -0.39 is 5.97 Å². The van der Waals surface area contributed by atoms with Crippen LogP contribution in [-0.4, -0.2) is 58.6 Å². The van der Waals surface area contributed by atoms with Crippen LogP contribution in [0.1, 0.15) is 2.85 Å². The molecule has 4 N–H and O–H groups in total. The Morgan fingerprint density at radius 3 is 2.40 bits per heavy atom. The van der Waals surface area contributed by atoms with Crippen LogP contribution in [0.15, 0.2) is 0 Å². The first-order chi connectivity index (χ1) is 4.04. The number of hydrogen-bond acceptors (Lipinski definition) is 2. The first-order valence-corrected chi connectivity index (χ1v) is 2.31. The van der Waals surface area contributed by atoms with Gasteiger partial charge in [0.05, 0.1) is 0 Å². The standard InChI is InChI=1S/C4H9N3O2.Mg.2H/c1-7(4(5)6)2-3(8)9;;;/h2H2,1H3,(H3,5,6)(H,8,9);;;/q;+2;2*-1. The summed E-state index contributed by atoms with van der Waals surface area (Å²) in [6, 6.07) is 0. The number of nitrogens with two attached hydrogens (primary N) is 1. The van der Waals surface area contributed by atoms with Crippen molar-refractivity contribution < 1.29 is 12.8 Å². The van der Waals surface area contributed by atoms with Crippen molar-refractivity contribution >= 4 is 35.0 Å². The normalized spacial score (nSPS) is 7.70. The molecule has 6 heteroatoms. The monoisotopic (exact) mass is 157 g/mol. The van der Waals surface area contributed by atoms with Gasteiger partial charge in [-0.25, -0.2) is 0 Å². The predicted molar refractivity (Wildman–Crippen MR) is 40.2 cm³/mol. The minimum atomic E-state index is -0.993. The molecular weight excluding hydrogens is 146 g/mol. The number of carboxylic acids is 1. The molecule has 0 atom stereocenters. The van der Waals surface area contributed by atoms with E-state index in [0.29, 0.717) is 0 Å². The molecule has 56 valence electrons. The molecule has 0 saturated heterocycles. The maximum absolute atomic E-state index is 9.92. The number of hydrogen-bond donors (Lipinski definition) is 3. The van der Waals surface area contributed by atoms with Crippen molar-refractivity contribution in [1.82, 2.24) is 4.90 Å². The molecule has 0 aliphatic carbocycles. The Hall–Kier alpha value is -0.494. The van der Waals surface area contributed by atoms with E-state index in [1.807, 2.05) is 0 Å². The molecule has 0 amide bonds. The van der Waals surface area contributed by atoms with E-state index in [1.165, 1.54) is 7.05 Å². The van der Waals surface area contributed by atoms with E-state index in [-0.39, 0.29) is 38.4 Å². The SMILES string of the molecule is CN(CC(=O)O)C(=N)N.[H-].[H-].[Mg+2]. The first-order valence-electron chi connectivity index (χ1n) is 2.31. The number of likely N-dealkylation sites (N-methyl/N-ethyl adjacent to an activating group) is 1. The molecule has 0 radical (unpaired) electrons. The average Bonchev–Trinajstić information content (AvgIpc) is 1.63. The van der Waals surface area contributed by atoms with Gasteiger partial charge in [0.15, 0.2) is 5.96 Å². The Kier molecular flexibility index (Phi) is 6.47. The van der Waals surface area contributed by atoms with Gasteiger partial charge >= 0.3 is 29.0 Å². The molecule has 10 heavy (non-hydrogen) atoms. The van der Waals surface area contributed by atoms with Crippen molar-refractivity contribution in [3.63, 3.8) is 0 Å². The molecule has 0 aromatic rings. The fourth-order valence-electron chi connectivity index (χ4n) is 0.288. The molecule has 0 heterocycles. The number of nitrogens with one attached hydrogen (secondary N) is 1. The third kappa shape index (κ3) is 5.64. The van der Waals surface area contributed by atoms with Crippen molar-refractivity contribution in [1.29, 1.82) is 5.41 Å². The zero-order valence-corrected chi connectivity index (χ0v) is 7.21. The van der Waals surface area contributed by atoms with Crippen molar-refractivity contribution in [3.8, 4) is 0 Å². The molecule has 0 aliphatic heterocycles. The average molecular weight is 157 g/mol. The zero-order valence-electron chi connectivity index (χ0n) is 7.79. The maximum atomic E-state index is 9.92. The van der Waals surface area contributed by atoms with Gasteiger partial charge in [0, 0.05) is 7.05 Å². The Bertz CT molecular complexity index is 146. The molecule has 5 nitrogen and oxygen atoms in total. The topological polar surface area (TPSA) is 90.4 Å². The summed E-state index contributed by atoms with van der Waals surface area (Å²) < 4.78 is 0. The van der Waals surface area contributed by atoms with Gasteiger partial charge in [-0.1, -0.05) is 0 Å². The summed E-state index contributed by atoms with van der Waals surface area (Å²) in [6.07, 6.45) is 0. The molecular formula is C4H11MgN3O2. The van der Waals surface area contributed by atoms with Gasteiger partial charge < -0.3 is 18.6 Å². The van der Waals surface area contributed by atoms with Crippen LogP contribution < -0.4 is 5.73 Å². The second-order valence-corrected chi connectivity index (χ2v) is 1.64. The van der Waals surface area contributed by atoms with Crippen molar-refractivity contribution in [2.75, 3.05) is 13.6 Å². The molecule has 0 unspecified atom stereocenters. The summed E-state index contributed by atoms with van der Waals surface area (Å²) in [5, 5.41) is 14.9. The number of carboxylic acid groups (broad SMARTS) is 1. The van der Waals surface area contributed by atoms with Crippen LogP contribution in [0.5, 0.6) is 0 Å². The third-order valence-electron chi connectivity index (χ3n) is 0.784. The first kappa shape index (κ1) is 12.2. The van der Waals surface area contributed by atoms with E-state index >= 15 is 0 Å². The fraction of sp³-hybridized carbons (Fsp3) is 0.500. The zero-order chi connectivity index (χ0) is 7.44. The second-order valence-electron chi connectivity index (χ2n) is 1.64. The molecule has 0 aliphatic rings. The van der Waals surface area contributed by atoms with Crippen LogP contribution in [0.3, 0.4) is 0 Å². The number of rotatable bonds is 2. The minimum Gasteiger partial charge on any atom is -1.00 e. The minimum absolute atomic E-state index is 0. The summed E-state index contributed by atoms with van der Waals surface area (Å²) in [5.74, 6) is -1.23. The van der Waals surface area contributed by atoms with E-state index in [4.69, 9.17) is 16.2 Å². The third-order valence-corrected chi connectivity index (χ3v) is 0.784. The Morgan fingerprint density at radius 1 is 1.90 bits per heavy atom. The van der Waals surface area contributed by atoms with Crippen molar-refractivity contribution in [2.24, 2.45) is 5.73 Å². The molecule has 0 rings (SSSR count). The van der Waals surface area contributed by atoms with E-state index in [9.17, 15) is 4.79 Å². The number of nitrogens with zero attached hydrogens (tertiary/aromatic N) is 1. The van der Waals surface area contributed by atoms with Crippen LogP contribution in [0.2, 0.25) is 0 Å². The molecule has 0 saturated carbocycles. The van der Waals surface area contributed by atoms with E-state index in [2.05, 4.69) is 0 Å². The summed E-state index contributed by atoms with van der Waals surface area (Å²) in [4.78, 5) is 11.0. The van der Waals surface area contributed by atoms with Gasteiger partial charge in [-0.05, 0) is 0 Å². The Labute approximate surface area is 77.8 Å². The van der Waals surface area contributed by atoms with Gasteiger partial charge in [0.25, 0.3) is 0 Å². The maximum Gasteiger partial charge on any atom is 2.00 e. The Balaban J connectivity index is -0.000000107. The smallest absolute Gasteiger partial charge is 1.00 e. The summed E-state index contributed by atoms with van der Waals surface area (Å²) in [5.41, 5.74) is 4.93. The summed E-state index contributed by atoms with van der Waals surface area (Å²) in [7, 11) is 1.44. The van der Waals surface area contributed by atoms with Crippen molar-refractivity contribution in [3.05, 3.63) is 0 Å². The van der Waals surface area contributed by atoms with Crippen LogP contribution in [-0.2, 0) is 4.79 Å². The second kappa shape index (κ2) is 5.30. The summed E-state index contributed by atoms with van der Waals surface area (Å²) >= 11 is 0. The quantitative estimate of drug-likeness (QED) is 0.265. The van der Waals surface area contributed by atoms with Gasteiger partial charge in [-0.3, -0.25) is 10.2 Å². The van der Waals surface area contributed by atoms with Crippen LogP contribution >= 0.6 is 0 Å². The summed E-state index contributed by atoms with van der Waals surface area (Å²) in [6.45, 7) is -0.227. The number of guanidine groups is 1.